The van der Waals surface area contributed by atoms with Gasteiger partial charge in [0, 0.05) is 12.1 Å². The van der Waals surface area contributed by atoms with Crippen molar-refractivity contribution in [3.05, 3.63) is 69.8 Å². The average Bonchev–Trinajstić information content (AvgIpc) is 2.90. The molecule has 2 aromatic rings. The standard InChI is InChI=1S/C17H14N4O5S/c1-11-16(10-12-2-4-14(5-3-12)21(23)24)17(22)20(19-11)13-6-8-15(9-7-13)27(18,25)26/h2-10H,1H3,(H2,18,25,26)/b16-10-. The van der Waals surface area contributed by atoms with Gasteiger partial charge in [0.05, 0.1) is 26.8 Å². The molecule has 0 aliphatic carbocycles. The lowest BCUT2D eigenvalue weighted by Crippen LogP contribution is -2.21. The number of anilines is 1. The first-order chi connectivity index (χ1) is 12.7. The van der Waals surface area contributed by atoms with Gasteiger partial charge in [0.15, 0.2) is 0 Å². The van der Waals surface area contributed by atoms with Gasteiger partial charge in [0.1, 0.15) is 0 Å². The number of nitro benzene ring substituents is 1. The minimum absolute atomic E-state index is 0.0446. The summed E-state index contributed by atoms with van der Waals surface area (Å²) in [5.74, 6) is -0.394. The number of non-ortho nitro benzene ring substituents is 1. The summed E-state index contributed by atoms with van der Waals surface area (Å²) in [4.78, 5) is 22.8. The maximum Gasteiger partial charge on any atom is 0.280 e. The molecule has 0 radical (unpaired) electrons. The highest BCUT2D eigenvalue weighted by atomic mass is 32.2. The molecule has 0 fully saturated rings. The third-order valence-corrected chi connectivity index (χ3v) is 4.82. The van der Waals surface area contributed by atoms with E-state index < -0.39 is 20.9 Å². The first-order valence-electron chi connectivity index (χ1n) is 7.66. The highest BCUT2D eigenvalue weighted by Crippen LogP contribution is 2.26. The van der Waals surface area contributed by atoms with Gasteiger partial charge in [-0.3, -0.25) is 14.9 Å². The number of benzene rings is 2. The number of rotatable bonds is 4. The molecule has 10 heteroatoms. The normalized spacial score (nSPS) is 15.9. The van der Waals surface area contributed by atoms with Crippen molar-refractivity contribution in [3.63, 3.8) is 0 Å². The fourth-order valence-electron chi connectivity index (χ4n) is 2.50. The molecular weight excluding hydrogens is 372 g/mol. The van der Waals surface area contributed by atoms with Crippen LogP contribution in [0.25, 0.3) is 6.08 Å². The molecule has 2 N–H and O–H groups in total. The number of carbonyl (C=O) groups excluding carboxylic acids is 1. The second kappa shape index (κ2) is 6.74. The number of nitrogens with zero attached hydrogens (tertiary/aromatic N) is 3. The smallest absolute Gasteiger partial charge is 0.267 e. The molecular formula is C17H14N4O5S. The first kappa shape index (κ1) is 18.4. The number of carbonyl (C=O) groups is 1. The Morgan fingerprint density at radius 1 is 1.11 bits per heavy atom. The maximum absolute atomic E-state index is 12.7. The number of hydrogen-bond donors (Lipinski definition) is 1. The van der Waals surface area contributed by atoms with E-state index in [-0.39, 0.29) is 10.6 Å². The molecule has 27 heavy (non-hydrogen) atoms. The second-order valence-corrected chi connectivity index (χ2v) is 7.31. The summed E-state index contributed by atoms with van der Waals surface area (Å²) in [7, 11) is -3.83. The quantitative estimate of drug-likeness (QED) is 0.487. The molecule has 1 heterocycles. The Balaban J connectivity index is 1.88. The molecule has 1 amide bonds. The lowest BCUT2D eigenvalue weighted by Gasteiger charge is -2.12. The fourth-order valence-corrected chi connectivity index (χ4v) is 3.01. The van der Waals surface area contributed by atoms with Crippen LogP contribution in [0, 0.1) is 10.1 Å². The highest BCUT2D eigenvalue weighted by molar-refractivity contribution is 7.89. The van der Waals surface area contributed by atoms with Crippen LogP contribution in [0.1, 0.15) is 12.5 Å². The van der Waals surface area contributed by atoms with E-state index in [2.05, 4.69) is 5.10 Å². The predicted molar refractivity (Wildman–Crippen MR) is 99.5 cm³/mol. The van der Waals surface area contributed by atoms with Crippen molar-refractivity contribution >= 4 is 39.1 Å². The zero-order valence-electron chi connectivity index (χ0n) is 14.1. The van der Waals surface area contributed by atoms with Crippen LogP contribution < -0.4 is 10.1 Å². The third-order valence-electron chi connectivity index (χ3n) is 3.89. The van der Waals surface area contributed by atoms with Crippen LogP contribution in [-0.2, 0) is 14.8 Å². The Hall–Kier alpha value is -3.37. The van der Waals surface area contributed by atoms with Crippen LogP contribution >= 0.6 is 0 Å². The number of sulfonamides is 1. The van der Waals surface area contributed by atoms with Crippen molar-refractivity contribution in [1.29, 1.82) is 0 Å². The van der Waals surface area contributed by atoms with E-state index in [9.17, 15) is 23.3 Å². The van der Waals surface area contributed by atoms with Crippen molar-refractivity contribution in [2.45, 2.75) is 11.8 Å². The molecule has 3 rings (SSSR count). The van der Waals surface area contributed by atoms with Crippen LogP contribution in [0.2, 0.25) is 0 Å². The van der Waals surface area contributed by atoms with E-state index in [1.165, 1.54) is 48.5 Å². The third kappa shape index (κ3) is 3.76. The highest BCUT2D eigenvalue weighted by Gasteiger charge is 2.28. The monoisotopic (exact) mass is 386 g/mol. The van der Waals surface area contributed by atoms with Crippen LogP contribution in [0.15, 0.2) is 64.1 Å². The minimum Gasteiger partial charge on any atom is -0.267 e. The van der Waals surface area contributed by atoms with E-state index in [1.807, 2.05) is 0 Å². The number of nitro groups is 1. The van der Waals surface area contributed by atoms with E-state index >= 15 is 0 Å². The first-order valence-corrected chi connectivity index (χ1v) is 9.20. The minimum atomic E-state index is -3.83. The van der Waals surface area contributed by atoms with E-state index in [0.29, 0.717) is 22.5 Å². The lowest BCUT2D eigenvalue weighted by molar-refractivity contribution is -0.384. The zero-order chi connectivity index (χ0) is 19.8. The summed E-state index contributed by atoms with van der Waals surface area (Å²) in [5.41, 5.74) is 1.76. The molecule has 0 atom stereocenters. The second-order valence-electron chi connectivity index (χ2n) is 5.75. The average molecular weight is 386 g/mol. The number of amides is 1. The van der Waals surface area contributed by atoms with Crippen LogP contribution in [0.4, 0.5) is 11.4 Å². The predicted octanol–water partition coefficient (Wildman–Crippen LogP) is 2.05. The molecule has 0 bridgehead atoms. The summed E-state index contributed by atoms with van der Waals surface area (Å²) in [6.45, 7) is 1.66. The molecule has 138 valence electrons. The summed E-state index contributed by atoms with van der Waals surface area (Å²) in [6.07, 6.45) is 1.59. The topological polar surface area (TPSA) is 136 Å². The maximum atomic E-state index is 12.7. The Morgan fingerprint density at radius 2 is 1.70 bits per heavy atom. The zero-order valence-corrected chi connectivity index (χ0v) is 14.9. The van der Waals surface area contributed by atoms with Crippen molar-refractivity contribution in [3.8, 4) is 0 Å². The van der Waals surface area contributed by atoms with Gasteiger partial charge in [-0.25, -0.2) is 13.6 Å². The van der Waals surface area contributed by atoms with E-state index in [1.54, 1.807) is 13.0 Å². The fraction of sp³-hybridized carbons (Fsp3) is 0.0588. The summed E-state index contributed by atoms with van der Waals surface area (Å²) < 4.78 is 22.6. The number of hydrogen-bond acceptors (Lipinski definition) is 6. The molecule has 9 nitrogen and oxygen atoms in total. The molecule has 0 spiro atoms. The van der Waals surface area contributed by atoms with Gasteiger partial charge in [0.25, 0.3) is 11.6 Å². The lowest BCUT2D eigenvalue weighted by atomic mass is 10.1. The van der Waals surface area contributed by atoms with Crippen molar-refractivity contribution in [2.75, 3.05) is 5.01 Å². The molecule has 0 saturated carbocycles. The Bertz CT molecular complexity index is 1090. The van der Waals surface area contributed by atoms with Gasteiger partial charge in [-0.05, 0) is 55.0 Å². The largest absolute Gasteiger partial charge is 0.280 e. The molecule has 2 aromatic carbocycles. The van der Waals surface area contributed by atoms with Gasteiger partial charge >= 0.3 is 0 Å². The van der Waals surface area contributed by atoms with Gasteiger partial charge in [-0.2, -0.15) is 10.1 Å². The number of hydrazone groups is 1. The van der Waals surface area contributed by atoms with Crippen molar-refractivity contribution in [2.24, 2.45) is 10.2 Å². The Kier molecular flexibility index (Phi) is 4.60. The Morgan fingerprint density at radius 3 is 2.22 bits per heavy atom. The molecule has 1 aliphatic rings. The van der Waals surface area contributed by atoms with Crippen molar-refractivity contribution in [1.82, 2.24) is 0 Å². The number of primary sulfonamides is 1. The summed E-state index contributed by atoms with van der Waals surface area (Å²) in [5, 5.41) is 21.1. The van der Waals surface area contributed by atoms with Crippen LogP contribution in [0.5, 0.6) is 0 Å². The molecule has 0 saturated heterocycles. The SMILES string of the molecule is CC1=NN(c2ccc(S(N)(=O)=O)cc2)C(=O)/C1=C\c1ccc([N+](=O)[O-])cc1. The Labute approximate surface area is 154 Å². The van der Waals surface area contributed by atoms with Gasteiger partial charge in [0.2, 0.25) is 10.0 Å². The van der Waals surface area contributed by atoms with Crippen molar-refractivity contribution < 1.29 is 18.1 Å². The van der Waals surface area contributed by atoms with Crippen LogP contribution in [-0.4, -0.2) is 25.0 Å². The van der Waals surface area contributed by atoms with Gasteiger partial charge in [-0.1, -0.05) is 0 Å². The molecule has 0 unspecified atom stereocenters. The molecule has 0 aromatic heterocycles. The summed E-state index contributed by atoms with van der Waals surface area (Å²) >= 11 is 0. The van der Waals surface area contributed by atoms with Crippen LogP contribution in [0.3, 0.4) is 0 Å². The summed E-state index contributed by atoms with van der Waals surface area (Å²) in [6, 6.07) is 11.2. The van der Waals surface area contributed by atoms with E-state index in [0.717, 1.165) is 5.01 Å². The van der Waals surface area contributed by atoms with Gasteiger partial charge < -0.3 is 0 Å². The van der Waals surface area contributed by atoms with Gasteiger partial charge in [-0.15, -0.1) is 0 Å². The molecule has 1 aliphatic heterocycles. The number of nitrogens with two attached hydrogens (primary N) is 1. The van der Waals surface area contributed by atoms with E-state index in [4.69, 9.17) is 5.14 Å².